The summed E-state index contributed by atoms with van der Waals surface area (Å²) in [6, 6.07) is 8.87. The maximum atomic E-state index is 13.7. The maximum absolute atomic E-state index is 13.7. The number of nitrogens with two attached hydrogens (primary N) is 1. The van der Waals surface area contributed by atoms with E-state index in [2.05, 4.69) is 10.3 Å². The quantitative estimate of drug-likeness (QED) is 0.870. The van der Waals surface area contributed by atoms with E-state index < -0.39 is 0 Å². The molecule has 0 aliphatic carbocycles. The number of benzene rings is 1. The van der Waals surface area contributed by atoms with Gasteiger partial charge < -0.3 is 11.1 Å². The molecule has 3 N–H and O–H groups in total. The molecule has 0 aliphatic heterocycles. The van der Waals surface area contributed by atoms with Gasteiger partial charge >= 0.3 is 0 Å². The van der Waals surface area contributed by atoms with Gasteiger partial charge in [-0.3, -0.25) is 4.98 Å². The molecule has 1 aromatic heterocycles. The molecule has 2 rings (SSSR count). The van der Waals surface area contributed by atoms with Crippen LogP contribution < -0.4 is 11.1 Å². The third kappa shape index (κ3) is 3.05. The second kappa shape index (κ2) is 5.60. The van der Waals surface area contributed by atoms with Gasteiger partial charge in [0.1, 0.15) is 5.82 Å². The van der Waals surface area contributed by atoms with Crippen LogP contribution in [-0.2, 0) is 13.1 Å². The first-order valence-electron chi connectivity index (χ1n) is 5.83. The van der Waals surface area contributed by atoms with Crippen LogP contribution >= 0.6 is 0 Å². The van der Waals surface area contributed by atoms with Crippen molar-refractivity contribution in [2.75, 3.05) is 5.32 Å². The normalized spacial score (nSPS) is 10.4. The minimum Gasteiger partial charge on any atom is -0.381 e. The third-order valence-electron chi connectivity index (χ3n) is 2.73. The standard InChI is InChI=1S/C14H16FN3/c1-10-6-13(4-5-17-10)18-9-12-3-2-11(8-16)7-14(12)15/h2-7H,8-9,16H2,1H3,(H,17,18). The Hall–Kier alpha value is -1.94. The molecule has 1 aromatic carbocycles. The Morgan fingerprint density at radius 2 is 2.11 bits per heavy atom. The monoisotopic (exact) mass is 245 g/mol. The fourth-order valence-corrected chi connectivity index (χ4v) is 1.71. The zero-order valence-electron chi connectivity index (χ0n) is 10.3. The molecule has 0 saturated heterocycles. The van der Waals surface area contributed by atoms with E-state index in [1.54, 1.807) is 12.3 Å². The second-order valence-corrected chi connectivity index (χ2v) is 4.17. The summed E-state index contributed by atoms with van der Waals surface area (Å²) in [5.74, 6) is -0.226. The van der Waals surface area contributed by atoms with Crippen molar-refractivity contribution in [2.45, 2.75) is 20.0 Å². The van der Waals surface area contributed by atoms with Gasteiger partial charge in [-0.15, -0.1) is 0 Å². The van der Waals surface area contributed by atoms with E-state index in [0.29, 0.717) is 18.7 Å². The van der Waals surface area contributed by atoms with Crippen LogP contribution in [0.5, 0.6) is 0 Å². The topological polar surface area (TPSA) is 50.9 Å². The number of pyridine rings is 1. The van der Waals surface area contributed by atoms with Gasteiger partial charge in [0.2, 0.25) is 0 Å². The highest BCUT2D eigenvalue weighted by molar-refractivity contribution is 5.43. The minimum atomic E-state index is -0.226. The van der Waals surface area contributed by atoms with E-state index in [0.717, 1.165) is 16.9 Å². The minimum absolute atomic E-state index is 0.226. The van der Waals surface area contributed by atoms with Crippen molar-refractivity contribution >= 4 is 5.69 Å². The Labute approximate surface area is 106 Å². The number of hydrogen-bond acceptors (Lipinski definition) is 3. The van der Waals surface area contributed by atoms with E-state index in [9.17, 15) is 4.39 Å². The van der Waals surface area contributed by atoms with Crippen LogP contribution in [0.2, 0.25) is 0 Å². The highest BCUT2D eigenvalue weighted by atomic mass is 19.1. The van der Waals surface area contributed by atoms with E-state index in [1.165, 1.54) is 6.07 Å². The molecule has 0 spiro atoms. The lowest BCUT2D eigenvalue weighted by Crippen LogP contribution is -2.04. The summed E-state index contributed by atoms with van der Waals surface area (Å²) in [6.07, 6.45) is 1.73. The van der Waals surface area contributed by atoms with Crippen molar-refractivity contribution in [3.05, 3.63) is 59.2 Å². The van der Waals surface area contributed by atoms with E-state index in [4.69, 9.17) is 5.73 Å². The number of nitrogens with one attached hydrogen (secondary N) is 1. The van der Waals surface area contributed by atoms with Crippen LogP contribution in [0.1, 0.15) is 16.8 Å². The summed E-state index contributed by atoms with van der Waals surface area (Å²) in [6.45, 7) is 2.72. The fourth-order valence-electron chi connectivity index (χ4n) is 1.71. The number of hydrogen-bond donors (Lipinski definition) is 2. The molecule has 0 amide bonds. The smallest absolute Gasteiger partial charge is 0.128 e. The Morgan fingerprint density at radius 1 is 1.28 bits per heavy atom. The molecule has 0 aliphatic rings. The number of halogens is 1. The molecule has 0 radical (unpaired) electrons. The second-order valence-electron chi connectivity index (χ2n) is 4.17. The number of aromatic nitrogens is 1. The van der Waals surface area contributed by atoms with Crippen molar-refractivity contribution in [1.29, 1.82) is 0 Å². The molecule has 0 fully saturated rings. The van der Waals surface area contributed by atoms with Crippen LogP contribution in [0.4, 0.5) is 10.1 Å². The van der Waals surface area contributed by atoms with Crippen LogP contribution in [0, 0.1) is 12.7 Å². The van der Waals surface area contributed by atoms with Crippen LogP contribution in [0.15, 0.2) is 36.5 Å². The summed E-state index contributed by atoms with van der Waals surface area (Å²) >= 11 is 0. The number of anilines is 1. The zero-order chi connectivity index (χ0) is 13.0. The lowest BCUT2D eigenvalue weighted by molar-refractivity contribution is 0.610. The van der Waals surface area contributed by atoms with Crippen molar-refractivity contribution in [3.63, 3.8) is 0 Å². The van der Waals surface area contributed by atoms with Crippen molar-refractivity contribution in [1.82, 2.24) is 4.98 Å². The van der Waals surface area contributed by atoms with Crippen molar-refractivity contribution in [3.8, 4) is 0 Å². The third-order valence-corrected chi connectivity index (χ3v) is 2.73. The Morgan fingerprint density at radius 3 is 2.78 bits per heavy atom. The average Bonchev–Trinajstić information content (AvgIpc) is 2.37. The number of aryl methyl sites for hydroxylation is 1. The molecule has 3 nitrogen and oxygen atoms in total. The van der Waals surface area contributed by atoms with E-state index in [-0.39, 0.29) is 5.82 Å². The maximum Gasteiger partial charge on any atom is 0.128 e. The van der Waals surface area contributed by atoms with Crippen LogP contribution in [-0.4, -0.2) is 4.98 Å². The predicted molar refractivity (Wildman–Crippen MR) is 70.6 cm³/mol. The van der Waals surface area contributed by atoms with E-state index in [1.807, 2.05) is 25.1 Å². The first kappa shape index (κ1) is 12.5. The summed E-state index contributed by atoms with van der Waals surface area (Å²) in [7, 11) is 0. The van der Waals surface area contributed by atoms with Gasteiger partial charge in [0.15, 0.2) is 0 Å². The van der Waals surface area contributed by atoms with Gasteiger partial charge in [0.05, 0.1) is 0 Å². The molecular formula is C14H16FN3. The zero-order valence-corrected chi connectivity index (χ0v) is 10.3. The SMILES string of the molecule is Cc1cc(NCc2ccc(CN)cc2F)ccn1. The summed E-state index contributed by atoms with van der Waals surface area (Å²) in [5.41, 5.74) is 8.75. The Bertz CT molecular complexity index is 540. The summed E-state index contributed by atoms with van der Waals surface area (Å²) in [5, 5.41) is 3.17. The van der Waals surface area contributed by atoms with Gasteiger partial charge in [-0.2, -0.15) is 0 Å². The Kier molecular flexibility index (Phi) is 3.89. The molecule has 4 heteroatoms. The van der Waals surface area contributed by atoms with Gasteiger partial charge in [-0.1, -0.05) is 12.1 Å². The molecule has 0 saturated carbocycles. The molecule has 0 atom stereocenters. The largest absolute Gasteiger partial charge is 0.381 e. The van der Waals surface area contributed by atoms with E-state index >= 15 is 0 Å². The number of rotatable bonds is 4. The molecule has 2 aromatic rings. The molecule has 1 heterocycles. The van der Waals surface area contributed by atoms with Gasteiger partial charge in [-0.25, -0.2) is 4.39 Å². The lowest BCUT2D eigenvalue weighted by Gasteiger charge is -2.08. The summed E-state index contributed by atoms with van der Waals surface area (Å²) < 4.78 is 13.7. The Balaban J connectivity index is 2.06. The van der Waals surface area contributed by atoms with Gasteiger partial charge in [0, 0.05) is 36.2 Å². The van der Waals surface area contributed by atoms with Crippen molar-refractivity contribution in [2.24, 2.45) is 5.73 Å². The predicted octanol–water partition coefficient (Wildman–Crippen LogP) is 2.60. The fraction of sp³-hybridized carbons (Fsp3) is 0.214. The molecule has 0 unspecified atom stereocenters. The molecule has 0 bridgehead atoms. The van der Waals surface area contributed by atoms with Crippen LogP contribution in [0.25, 0.3) is 0 Å². The number of nitrogens with zero attached hydrogens (tertiary/aromatic N) is 1. The van der Waals surface area contributed by atoms with Crippen molar-refractivity contribution < 1.29 is 4.39 Å². The molecule has 18 heavy (non-hydrogen) atoms. The highest BCUT2D eigenvalue weighted by Crippen LogP contribution is 2.13. The lowest BCUT2D eigenvalue weighted by atomic mass is 10.1. The van der Waals surface area contributed by atoms with Gasteiger partial charge in [-0.05, 0) is 30.7 Å². The average molecular weight is 245 g/mol. The summed E-state index contributed by atoms with van der Waals surface area (Å²) in [4.78, 5) is 4.11. The molecular weight excluding hydrogens is 229 g/mol. The first-order valence-corrected chi connectivity index (χ1v) is 5.83. The first-order chi connectivity index (χ1) is 8.69. The molecule has 94 valence electrons. The highest BCUT2D eigenvalue weighted by Gasteiger charge is 2.03. The van der Waals surface area contributed by atoms with Gasteiger partial charge in [0.25, 0.3) is 0 Å². The van der Waals surface area contributed by atoms with Crippen LogP contribution in [0.3, 0.4) is 0 Å².